The number of methoxy groups -OCH3 is 3. The molecule has 35 heavy (non-hydrogen) atoms. The van der Waals surface area contributed by atoms with Crippen LogP contribution < -0.4 is 14.2 Å². The highest BCUT2D eigenvalue weighted by Gasteiger charge is 2.27. The summed E-state index contributed by atoms with van der Waals surface area (Å²) in [5.74, 6) is 1.58. The highest BCUT2D eigenvalue weighted by molar-refractivity contribution is 6.15. The fourth-order valence-electron chi connectivity index (χ4n) is 4.42. The van der Waals surface area contributed by atoms with Gasteiger partial charge in [0.05, 0.1) is 26.9 Å². The van der Waals surface area contributed by atoms with E-state index in [2.05, 4.69) is 4.90 Å². The van der Waals surface area contributed by atoms with E-state index in [0.717, 1.165) is 5.56 Å². The van der Waals surface area contributed by atoms with Gasteiger partial charge in [0, 0.05) is 49.4 Å². The van der Waals surface area contributed by atoms with Crippen LogP contribution in [0.5, 0.6) is 17.2 Å². The van der Waals surface area contributed by atoms with Crippen LogP contribution in [0.25, 0.3) is 0 Å². The molecule has 1 aliphatic heterocycles. The largest absolute Gasteiger partial charge is 0.493 e. The van der Waals surface area contributed by atoms with Crippen LogP contribution in [0.4, 0.5) is 0 Å². The van der Waals surface area contributed by atoms with Gasteiger partial charge in [0.1, 0.15) is 0 Å². The minimum atomic E-state index is -0.145. The highest BCUT2D eigenvalue weighted by Crippen LogP contribution is 2.40. The lowest BCUT2D eigenvalue weighted by Gasteiger charge is -2.35. The van der Waals surface area contributed by atoms with Crippen LogP contribution in [0.3, 0.4) is 0 Å². The second-order valence-electron chi connectivity index (χ2n) is 8.30. The second-order valence-corrected chi connectivity index (χ2v) is 8.30. The maximum absolute atomic E-state index is 13.4. The van der Waals surface area contributed by atoms with Crippen molar-refractivity contribution in [3.05, 3.63) is 89.0 Å². The smallest absolute Gasteiger partial charge is 0.254 e. The number of hydrogen-bond acceptors (Lipinski definition) is 6. The van der Waals surface area contributed by atoms with Gasteiger partial charge in [0.25, 0.3) is 5.91 Å². The maximum atomic E-state index is 13.4. The van der Waals surface area contributed by atoms with Crippen molar-refractivity contribution in [3.63, 3.8) is 0 Å². The van der Waals surface area contributed by atoms with Crippen LogP contribution in [-0.2, 0) is 6.54 Å². The molecule has 0 atom stereocenters. The van der Waals surface area contributed by atoms with Gasteiger partial charge in [-0.2, -0.15) is 0 Å². The third-order valence-electron chi connectivity index (χ3n) is 6.28. The predicted octanol–water partition coefficient (Wildman–Crippen LogP) is 3.90. The Morgan fingerprint density at radius 2 is 1.34 bits per heavy atom. The Hall–Kier alpha value is -3.84. The standard InChI is InChI=1S/C28H30N2O5/c1-33-24-14-13-21(26(34-2)27(24)35-3)19-29-15-17-30(18-16-29)28(32)23-12-8-7-11-22(23)25(31)20-9-5-4-6-10-20/h4-14H,15-19H2,1-3H3. The molecule has 0 bridgehead atoms. The molecule has 0 N–H and O–H groups in total. The number of hydrogen-bond donors (Lipinski definition) is 0. The van der Waals surface area contributed by atoms with Crippen LogP contribution in [0.1, 0.15) is 31.8 Å². The van der Waals surface area contributed by atoms with Crippen molar-refractivity contribution in [1.29, 1.82) is 0 Å². The van der Waals surface area contributed by atoms with Crippen molar-refractivity contribution >= 4 is 11.7 Å². The molecule has 182 valence electrons. The van der Waals surface area contributed by atoms with Gasteiger partial charge in [-0.3, -0.25) is 14.5 Å². The molecule has 0 aliphatic carbocycles. The van der Waals surface area contributed by atoms with Crippen LogP contribution in [0.2, 0.25) is 0 Å². The Labute approximate surface area is 205 Å². The summed E-state index contributed by atoms with van der Waals surface area (Å²) < 4.78 is 16.5. The van der Waals surface area contributed by atoms with E-state index in [4.69, 9.17) is 14.2 Å². The molecule has 7 heteroatoms. The molecule has 0 spiro atoms. The zero-order valence-corrected chi connectivity index (χ0v) is 20.3. The Morgan fingerprint density at radius 1 is 0.714 bits per heavy atom. The predicted molar refractivity (Wildman–Crippen MR) is 134 cm³/mol. The maximum Gasteiger partial charge on any atom is 0.254 e. The van der Waals surface area contributed by atoms with Crippen molar-refractivity contribution in [1.82, 2.24) is 9.80 Å². The number of ether oxygens (including phenoxy) is 3. The molecule has 0 saturated carbocycles. The van der Waals surface area contributed by atoms with Gasteiger partial charge in [0.15, 0.2) is 17.3 Å². The minimum Gasteiger partial charge on any atom is -0.493 e. The van der Waals surface area contributed by atoms with E-state index in [0.29, 0.717) is 66.7 Å². The molecule has 1 heterocycles. The second kappa shape index (κ2) is 11.1. The van der Waals surface area contributed by atoms with Crippen LogP contribution >= 0.6 is 0 Å². The summed E-state index contributed by atoms with van der Waals surface area (Å²) in [6.07, 6.45) is 0. The number of amides is 1. The number of carbonyl (C=O) groups excluding carboxylic acids is 2. The Bertz CT molecular complexity index is 1190. The Kier molecular flexibility index (Phi) is 7.67. The third-order valence-corrected chi connectivity index (χ3v) is 6.28. The lowest BCUT2D eigenvalue weighted by atomic mass is 9.97. The highest BCUT2D eigenvalue weighted by atomic mass is 16.5. The summed E-state index contributed by atoms with van der Waals surface area (Å²) in [6, 6.07) is 20.0. The molecule has 0 aromatic heterocycles. The van der Waals surface area contributed by atoms with Crippen LogP contribution in [0, 0.1) is 0 Å². The molecule has 1 saturated heterocycles. The van der Waals surface area contributed by atoms with Gasteiger partial charge < -0.3 is 19.1 Å². The van der Waals surface area contributed by atoms with E-state index < -0.39 is 0 Å². The van der Waals surface area contributed by atoms with Crippen molar-refractivity contribution in [3.8, 4) is 17.2 Å². The lowest BCUT2D eigenvalue weighted by Crippen LogP contribution is -2.48. The number of ketones is 1. The van der Waals surface area contributed by atoms with E-state index in [1.807, 2.05) is 35.2 Å². The molecule has 7 nitrogen and oxygen atoms in total. The van der Waals surface area contributed by atoms with Gasteiger partial charge in [-0.05, 0) is 12.1 Å². The number of piperazine rings is 1. The quantitative estimate of drug-likeness (QED) is 0.462. The van der Waals surface area contributed by atoms with E-state index in [1.165, 1.54) is 0 Å². The summed E-state index contributed by atoms with van der Waals surface area (Å²) in [5, 5.41) is 0. The van der Waals surface area contributed by atoms with Crippen molar-refractivity contribution in [2.75, 3.05) is 47.5 Å². The number of rotatable bonds is 8. The molecule has 0 unspecified atom stereocenters. The molecule has 1 aliphatic rings. The first-order chi connectivity index (χ1) is 17.1. The first-order valence-electron chi connectivity index (χ1n) is 11.6. The number of benzene rings is 3. The van der Waals surface area contributed by atoms with Gasteiger partial charge in [0.2, 0.25) is 5.75 Å². The zero-order valence-electron chi connectivity index (χ0n) is 20.3. The lowest BCUT2D eigenvalue weighted by molar-refractivity contribution is 0.0624. The van der Waals surface area contributed by atoms with Crippen molar-refractivity contribution in [2.45, 2.75) is 6.54 Å². The van der Waals surface area contributed by atoms with E-state index in [-0.39, 0.29) is 11.7 Å². The average molecular weight is 475 g/mol. The third kappa shape index (κ3) is 5.15. The molecule has 1 amide bonds. The summed E-state index contributed by atoms with van der Waals surface area (Å²) in [7, 11) is 4.80. The SMILES string of the molecule is COc1ccc(CN2CCN(C(=O)c3ccccc3C(=O)c3ccccc3)CC2)c(OC)c1OC. The summed E-state index contributed by atoms with van der Waals surface area (Å²) in [4.78, 5) is 30.5. The van der Waals surface area contributed by atoms with E-state index in [1.54, 1.807) is 57.7 Å². The first-order valence-corrected chi connectivity index (χ1v) is 11.6. The topological polar surface area (TPSA) is 68.3 Å². The number of nitrogens with zero attached hydrogens (tertiary/aromatic N) is 2. The molecule has 3 aromatic carbocycles. The molecule has 3 aromatic rings. The van der Waals surface area contributed by atoms with Crippen molar-refractivity contribution < 1.29 is 23.8 Å². The molecular weight excluding hydrogens is 444 g/mol. The molecule has 0 radical (unpaired) electrons. The molecule has 4 rings (SSSR count). The van der Waals surface area contributed by atoms with E-state index in [9.17, 15) is 9.59 Å². The fourth-order valence-corrected chi connectivity index (χ4v) is 4.42. The van der Waals surface area contributed by atoms with Crippen molar-refractivity contribution in [2.24, 2.45) is 0 Å². The van der Waals surface area contributed by atoms with Gasteiger partial charge >= 0.3 is 0 Å². The van der Waals surface area contributed by atoms with Gasteiger partial charge in [-0.25, -0.2) is 0 Å². The summed E-state index contributed by atoms with van der Waals surface area (Å²) in [6.45, 7) is 3.22. The van der Waals surface area contributed by atoms with Gasteiger partial charge in [-0.1, -0.05) is 54.6 Å². The Morgan fingerprint density at radius 3 is 1.97 bits per heavy atom. The van der Waals surface area contributed by atoms with Crippen LogP contribution in [-0.4, -0.2) is 69.0 Å². The first kappa shape index (κ1) is 24.3. The van der Waals surface area contributed by atoms with Crippen LogP contribution in [0.15, 0.2) is 66.7 Å². The summed E-state index contributed by atoms with van der Waals surface area (Å²) >= 11 is 0. The minimum absolute atomic E-state index is 0.117. The fraction of sp³-hybridized carbons (Fsp3) is 0.286. The van der Waals surface area contributed by atoms with Gasteiger partial charge in [-0.15, -0.1) is 0 Å². The molecular formula is C28H30N2O5. The summed E-state index contributed by atoms with van der Waals surface area (Å²) in [5.41, 5.74) is 2.43. The Balaban J connectivity index is 1.45. The average Bonchev–Trinajstić information content (AvgIpc) is 2.92. The number of carbonyl (C=O) groups is 2. The van der Waals surface area contributed by atoms with E-state index >= 15 is 0 Å². The zero-order chi connectivity index (χ0) is 24.8. The molecule has 1 fully saturated rings. The normalized spacial score (nSPS) is 13.9. The monoisotopic (exact) mass is 474 g/mol.